The average molecular weight is 246 g/mol. The summed E-state index contributed by atoms with van der Waals surface area (Å²) in [5, 5.41) is 20.7. The molecule has 0 radical (unpaired) electrons. The highest BCUT2D eigenvalue weighted by molar-refractivity contribution is 6.10. The van der Waals surface area contributed by atoms with E-state index in [-0.39, 0.29) is 5.57 Å². The number of nitriles is 2. The summed E-state index contributed by atoms with van der Waals surface area (Å²) in [5.41, 5.74) is 3.10. The number of rotatable bonds is 0. The molecule has 3 heteroatoms. The Kier molecular flexibility index (Phi) is 2.22. The summed E-state index contributed by atoms with van der Waals surface area (Å²) in [6.45, 7) is 0. The van der Waals surface area contributed by atoms with Crippen LogP contribution in [-0.4, -0.2) is 14.1 Å². The number of benzene rings is 2. The van der Waals surface area contributed by atoms with E-state index < -0.39 is 0 Å². The molecule has 0 amide bonds. The van der Waals surface area contributed by atoms with Crippen LogP contribution in [0, 0.1) is 22.7 Å². The molecule has 0 saturated heterocycles. The molecule has 0 atom stereocenters. The fraction of sp³-hybridized carbons (Fsp3) is 0.125. The second-order valence-electron chi connectivity index (χ2n) is 5.08. The van der Waals surface area contributed by atoms with Crippen LogP contribution >= 0.6 is 0 Å². The molecule has 0 N–H and O–H groups in total. The number of hydrogen-bond donors (Lipinski definition) is 0. The third kappa shape index (κ3) is 1.34. The van der Waals surface area contributed by atoms with Crippen molar-refractivity contribution in [3.8, 4) is 12.1 Å². The van der Waals surface area contributed by atoms with Crippen molar-refractivity contribution in [2.75, 3.05) is 14.1 Å². The summed E-state index contributed by atoms with van der Waals surface area (Å²) in [6.07, 6.45) is 0. The van der Waals surface area contributed by atoms with Gasteiger partial charge in [-0.1, -0.05) is 24.3 Å². The Hall–Kier alpha value is -2.62. The van der Waals surface area contributed by atoms with Crippen LogP contribution in [0.4, 0.5) is 5.69 Å². The summed E-state index contributed by atoms with van der Waals surface area (Å²) in [7, 11) is 4.03. The van der Waals surface area contributed by atoms with E-state index in [4.69, 9.17) is 0 Å². The summed E-state index contributed by atoms with van der Waals surface area (Å²) >= 11 is 0. The maximum absolute atomic E-state index is 9.21. The van der Waals surface area contributed by atoms with Crippen molar-refractivity contribution in [1.29, 1.82) is 10.5 Å². The Morgan fingerprint density at radius 3 is 2.26 bits per heavy atom. The standard InChI is InChI=1S/C16H12N3/c1-19(2)14-8-4-6-11-5-3-7-13(15(11)14)16(19)12(9-17)10-18/h3-8H,1-2H3/q+1. The second kappa shape index (κ2) is 3.68. The quantitative estimate of drug-likeness (QED) is 0.529. The van der Waals surface area contributed by atoms with Gasteiger partial charge in [0.15, 0.2) is 11.3 Å². The molecular formula is C16H12N3+. The van der Waals surface area contributed by atoms with Gasteiger partial charge >= 0.3 is 0 Å². The van der Waals surface area contributed by atoms with E-state index in [9.17, 15) is 10.5 Å². The van der Waals surface area contributed by atoms with Crippen LogP contribution in [0.25, 0.3) is 16.5 Å². The van der Waals surface area contributed by atoms with Crippen molar-refractivity contribution >= 4 is 22.2 Å². The number of nitrogens with zero attached hydrogens (tertiary/aromatic N) is 3. The minimum atomic E-state index is 0.189. The monoisotopic (exact) mass is 246 g/mol. The number of quaternary nitrogens is 1. The predicted molar refractivity (Wildman–Crippen MR) is 75.7 cm³/mol. The molecule has 0 bridgehead atoms. The molecular weight excluding hydrogens is 234 g/mol. The predicted octanol–water partition coefficient (Wildman–Crippen LogP) is 3.18. The van der Waals surface area contributed by atoms with Gasteiger partial charge < -0.3 is 0 Å². The largest absolute Gasteiger partial charge is 0.261 e. The van der Waals surface area contributed by atoms with E-state index in [0.29, 0.717) is 4.48 Å². The minimum Gasteiger partial charge on any atom is -0.261 e. The molecule has 1 heterocycles. The molecule has 19 heavy (non-hydrogen) atoms. The first kappa shape index (κ1) is 11.5. The Labute approximate surface area is 111 Å². The molecule has 0 aromatic heterocycles. The molecule has 1 aliphatic rings. The normalized spacial score (nSPS) is 15.1. The van der Waals surface area contributed by atoms with Crippen LogP contribution in [0.3, 0.4) is 0 Å². The third-order valence-corrected chi connectivity index (χ3v) is 3.76. The maximum atomic E-state index is 9.21. The lowest BCUT2D eigenvalue weighted by atomic mass is 10.0. The molecule has 2 aromatic carbocycles. The van der Waals surface area contributed by atoms with E-state index in [0.717, 1.165) is 27.7 Å². The van der Waals surface area contributed by atoms with Gasteiger partial charge in [-0.25, -0.2) is 0 Å². The maximum Gasteiger partial charge on any atom is 0.191 e. The topological polar surface area (TPSA) is 47.6 Å². The van der Waals surface area contributed by atoms with Crippen LogP contribution in [0.5, 0.6) is 0 Å². The van der Waals surface area contributed by atoms with E-state index >= 15 is 0 Å². The van der Waals surface area contributed by atoms with Crippen molar-refractivity contribution in [3.05, 3.63) is 47.5 Å². The summed E-state index contributed by atoms with van der Waals surface area (Å²) < 4.78 is 0.438. The third-order valence-electron chi connectivity index (χ3n) is 3.76. The van der Waals surface area contributed by atoms with Gasteiger partial charge in [0.1, 0.15) is 17.8 Å². The van der Waals surface area contributed by atoms with Gasteiger partial charge in [0.25, 0.3) is 0 Å². The SMILES string of the molecule is C[N+]1(C)C(=C(C#N)C#N)c2cccc3cccc1c23. The van der Waals surface area contributed by atoms with Crippen LogP contribution < -0.4 is 4.48 Å². The Bertz CT molecular complexity index is 793. The number of allylic oxidation sites excluding steroid dienone is 1. The van der Waals surface area contributed by atoms with Crippen molar-refractivity contribution in [1.82, 2.24) is 4.48 Å². The molecule has 3 nitrogen and oxygen atoms in total. The summed E-state index contributed by atoms with van der Waals surface area (Å²) in [4.78, 5) is 0. The van der Waals surface area contributed by atoms with E-state index in [2.05, 4.69) is 18.2 Å². The molecule has 0 saturated carbocycles. The number of hydrogen-bond acceptors (Lipinski definition) is 2. The molecule has 0 unspecified atom stereocenters. The van der Waals surface area contributed by atoms with Crippen LogP contribution in [0.1, 0.15) is 5.56 Å². The molecule has 3 rings (SSSR count). The fourth-order valence-electron chi connectivity index (χ4n) is 2.95. The Morgan fingerprint density at radius 2 is 1.63 bits per heavy atom. The molecule has 0 aliphatic carbocycles. The molecule has 1 aliphatic heterocycles. The molecule has 0 spiro atoms. The lowest BCUT2D eigenvalue weighted by Crippen LogP contribution is -2.35. The zero-order chi connectivity index (χ0) is 13.6. The average Bonchev–Trinajstić information content (AvgIpc) is 2.64. The van der Waals surface area contributed by atoms with Crippen molar-refractivity contribution in [3.63, 3.8) is 0 Å². The lowest BCUT2D eigenvalue weighted by Gasteiger charge is -2.25. The van der Waals surface area contributed by atoms with E-state index in [1.807, 2.05) is 44.4 Å². The van der Waals surface area contributed by atoms with Gasteiger partial charge in [-0.05, 0) is 11.5 Å². The highest BCUT2D eigenvalue weighted by atomic mass is 15.3. The second-order valence-corrected chi connectivity index (χ2v) is 5.08. The van der Waals surface area contributed by atoms with Crippen LogP contribution in [0.15, 0.2) is 42.0 Å². The Morgan fingerprint density at radius 1 is 1.00 bits per heavy atom. The van der Waals surface area contributed by atoms with Gasteiger partial charge in [0.2, 0.25) is 0 Å². The minimum absolute atomic E-state index is 0.189. The van der Waals surface area contributed by atoms with E-state index in [1.165, 1.54) is 0 Å². The van der Waals surface area contributed by atoms with Crippen molar-refractivity contribution in [2.24, 2.45) is 0 Å². The van der Waals surface area contributed by atoms with Crippen molar-refractivity contribution < 1.29 is 0 Å². The highest BCUT2D eigenvalue weighted by Crippen LogP contribution is 2.47. The fourth-order valence-corrected chi connectivity index (χ4v) is 2.95. The van der Waals surface area contributed by atoms with Gasteiger partial charge in [-0.15, -0.1) is 0 Å². The summed E-state index contributed by atoms with van der Waals surface area (Å²) in [5.74, 6) is 0. The van der Waals surface area contributed by atoms with Crippen LogP contribution in [-0.2, 0) is 0 Å². The molecule has 2 aromatic rings. The van der Waals surface area contributed by atoms with Gasteiger partial charge in [0, 0.05) is 6.07 Å². The van der Waals surface area contributed by atoms with Gasteiger partial charge in [-0.3, -0.25) is 4.48 Å². The molecule has 0 fully saturated rings. The smallest absolute Gasteiger partial charge is 0.191 e. The van der Waals surface area contributed by atoms with E-state index in [1.54, 1.807) is 0 Å². The van der Waals surface area contributed by atoms with Crippen LogP contribution in [0.2, 0.25) is 0 Å². The molecule has 90 valence electrons. The van der Waals surface area contributed by atoms with Gasteiger partial charge in [0.05, 0.1) is 25.0 Å². The van der Waals surface area contributed by atoms with Crippen molar-refractivity contribution in [2.45, 2.75) is 0 Å². The lowest BCUT2D eigenvalue weighted by molar-refractivity contribution is 0.578. The first-order valence-corrected chi connectivity index (χ1v) is 6.03. The Balaban J connectivity index is 2.55. The first-order valence-electron chi connectivity index (χ1n) is 6.03. The highest BCUT2D eigenvalue weighted by Gasteiger charge is 2.40. The van der Waals surface area contributed by atoms with Gasteiger partial charge in [-0.2, -0.15) is 10.5 Å². The first-order chi connectivity index (χ1) is 9.11. The zero-order valence-corrected chi connectivity index (χ0v) is 10.8. The zero-order valence-electron chi connectivity index (χ0n) is 10.8. The summed E-state index contributed by atoms with van der Waals surface area (Å²) in [6, 6.07) is 16.2.